The summed E-state index contributed by atoms with van der Waals surface area (Å²) in [6, 6.07) is 0. The molecule has 0 rings (SSSR count). The second-order valence-corrected chi connectivity index (χ2v) is 2.90. The van der Waals surface area contributed by atoms with Gasteiger partial charge in [0.05, 0.1) is 12.4 Å². The summed E-state index contributed by atoms with van der Waals surface area (Å²) >= 11 is 3.95. The van der Waals surface area contributed by atoms with Crippen LogP contribution < -0.4 is 0 Å². The molecule has 4 heteroatoms. The van der Waals surface area contributed by atoms with Crippen molar-refractivity contribution in [3.63, 3.8) is 0 Å². The second-order valence-electron chi connectivity index (χ2n) is 2.28. The van der Waals surface area contributed by atoms with Crippen LogP contribution in [0.1, 0.15) is 19.8 Å². The fourth-order valence-electron chi connectivity index (χ4n) is 0.594. The molecule has 0 saturated carbocycles. The van der Waals surface area contributed by atoms with Crippen LogP contribution >= 0.6 is 12.6 Å². The van der Waals surface area contributed by atoms with Crippen LogP contribution in [0, 0.1) is 0 Å². The van der Waals surface area contributed by atoms with E-state index in [1.54, 1.807) is 0 Å². The Bertz CT molecular complexity index is 156. The fraction of sp³-hybridized carbons (Fsp3) is 0.714. The summed E-state index contributed by atoms with van der Waals surface area (Å²) in [5, 5.41) is -0.469. The van der Waals surface area contributed by atoms with Crippen molar-refractivity contribution in [2.75, 3.05) is 7.11 Å². The maximum atomic E-state index is 10.7. The lowest BCUT2D eigenvalue weighted by Gasteiger charge is -2.05. The van der Waals surface area contributed by atoms with Gasteiger partial charge < -0.3 is 9.53 Å². The Balaban J connectivity index is 3.60. The van der Waals surface area contributed by atoms with Gasteiger partial charge in [0, 0.05) is 6.42 Å². The van der Waals surface area contributed by atoms with Crippen molar-refractivity contribution < 1.29 is 14.3 Å². The summed E-state index contributed by atoms with van der Waals surface area (Å²) in [4.78, 5) is 21.2. The van der Waals surface area contributed by atoms with Gasteiger partial charge in [-0.1, -0.05) is 0 Å². The summed E-state index contributed by atoms with van der Waals surface area (Å²) in [5.41, 5.74) is 0. The van der Waals surface area contributed by atoms with Gasteiger partial charge >= 0.3 is 5.97 Å². The topological polar surface area (TPSA) is 43.4 Å². The number of ketones is 1. The van der Waals surface area contributed by atoms with Crippen molar-refractivity contribution in [1.82, 2.24) is 0 Å². The zero-order valence-corrected chi connectivity index (χ0v) is 7.56. The van der Waals surface area contributed by atoms with E-state index in [4.69, 9.17) is 0 Å². The van der Waals surface area contributed by atoms with Crippen LogP contribution in [0.25, 0.3) is 0 Å². The highest BCUT2D eigenvalue weighted by atomic mass is 32.1. The predicted molar refractivity (Wildman–Crippen MR) is 44.7 cm³/mol. The van der Waals surface area contributed by atoms with Crippen molar-refractivity contribution in [3.8, 4) is 0 Å². The highest BCUT2D eigenvalue weighted by molar-refractivity contribution is 7.81. The summed E-state index contributed by atoms with van der Waals surface area (Å²) in [6.45, 7) is 1.48. The molecule has 64 valence electrons. The molecular weight excluding hydrogens is 164 g/mol. The standard InChI is InChI=1S/C7H12O3S/c1-5(8)3-4-6(11)7(9)10-2/h6,11H,3-4H2,1-2H3. The molecule has 0 fully saturated rings. The SMILES string of the molecule is COC(=O)C(S)CCC(C)=O. The molecule has 11 heavy (non-hydrogen) atoms. The van der Waals surface area contributed by atoms with Crippen LogP contribution in [-0.4, -0.2) is 24.1 Å². The number of hydrogen-bond donors (Lipinski definition) is 1. The molecule has 0 aromatic heterocycles. The van der Waals surface area contributed by atoms with Crippen molar-refractivity contribution in [2.24, 2.45) is 0 Å². The van der Waals surface area contributed by atoms with E-state index < -0.39 is 5.25 Å². The van der Waals surface area contributed by atoms with Gasteiger partial charge in [-0.3, -0.25) is 4.79 Å². The minimum Gasteiger partial charge on any atom is -0.468 e. The summed E-state index contributed by atoms with van der Waals surface area (Å²) in [5.74, 6) is -0.317. The van der Waals surface area contributed by atoms with Crippen LogP contribution in [0.3, 0.4) is 0 Å². The molecule has 0 saturated heterocycles. The molecular formula is C7H12O3S. The highest BCUT2D eigenvalue weighted by Gasteiger charge is 2.13. The number of esters is 1. The smallest absolute Gasteiger partial charge is 0.318 e. The Morgan fingerprint density at radius 2 is 2.09 bits per heavy atom. The van der Waals surface area contributed by atoms with Gasteiger partial charge in [0.15, 0.2) is 0 Å². The number of rotatable bonds is 4. The summed E-state index contributed by atoms with van der Waals surface area (Å²) in [6.07, 6.45) is 0.828. The number of methoxy groups -OCH3 is 1. The van der Waals surface area contributed by atoms with Gasteiger partial charge in [0.1, 0.15) is 5.78 Å². The van der Waals surface area contributed by atoms with E-state index in [9.17, 15) is 9.59 Å². The summed E-state index contributed by atoms with van der Waals surface area (Å²) < 4.78 is 4.42. The molecule has 0 aromatic carbocycles. The number of hydrogen-bond acceptors (Lipinski definition) is 4. The Labute approximate surface area is 71.5 Å². The van der Waals surface area contributed by atoms with E-state index in [1.165, 1.54) is 14.0 Å². The van der Waals surface area contributed by atoms with Gasteiger partial charge in [0.25, 0.3) is 0 Å². The van der Waals surface area contributed by atoms with E-state index in [1.807, 2.05) is 0 Å². The first kappa shape index (κ1) is 10.5. The Morgan fingerprint density at radius 1 is 1.55 bits per heavy atom. The number of Topliss-reactive ketones (excluding diaryl/α,β-unsaturated/α-hetero) is 1. The highest BCUT2D eigenvalue weighted by Crippen LogP contribution is 2.06. The van der Waals surface area contributed by atoms with Crippen molar-refractivity contribution in [3.05, 3.63) is 0 Å². The molecule has 0 aromatic rings. The van der Waals surface area contributed by atoms with E-state index >= 15 is 0 Å². The molecule has 3 nitrogen and oxygen atoms in total. The molecule has 0 bridgehead atoms. The maximum Gasteiger partial charge on any atom is 0.318 e. The van der Waals surface area contributed by atoms with Crippen molar-refractivity contribution in [1.29, 1.82) is 0 Å². The second kappa shape index (κ2) is 5.18. The van der Waals surface area contributed by atoms with Crippen LogP contribution in [-0.2, 0) is 14.3 Å². The van der Waals surface area contributed by atoms with Gasteiger partial charge in [-0.05, 0) is 13.3 Å². The van der Waals surface area contributed by atoms with Crippen LogP contribution in [0.2, 0.25) is 0 Å². The molecule has 0 N–H and O–H groups in total. The quantitative estimate of drug-likeness (QED) is 0.509. The Morgan fingerprint density at radius 3 is 2.45 bits per heavy atom. The summed E-state index contributed by atoms with van der Waals surface area (Å²) in [7, 11) is 1.30. The number of carbonyl (C=O) groups is 2. The molecule has 0 radical (unpaired) electrons. The fourth-order valence-corrected chi connectivity index (χ4v) is 0.828. The average Bonchev–Trinajstić information content (AvgIpc) is 1.98. The Kier molecular flexibility index (Phi) is 4.94. The zero-order chi connectivity index (χ0) is 8.85. The molecule has 0 spiro atoms. The Hall–Kier alpha value is -0.510. The molecule has 0 aliphatic rings. The van der Waals surface area contributed by atoms with Crippen LogP contribution in [0.5, 0.6) is 0 Å². The predicted octanol–water partition coefficient (Wildman–Crippen LogP) is 0.827. The van der Waals surface area contributed by atoms with Crippen LogP contribution in [0.4, 0.5) is 0 Å². The van der Waals surface area contributed by atoms with Crippen LogP contribution in [0.15, 0.2) is 0 Å². The molecule has 0 amide bonds. The van der Waals surface area contributed by atoms with Gasteiger partial charge in [0.2, 0.25) is 0 Å². The van der Waals surface area contributed by atoms with Gasteiger partial charge in [-0.25, -0.2) is 0 Å². The zero-order valence-electron chi connectivity index (χ0n) is 6.66. The van der Waals surface area contributed by atoms with E-state index in [2.05, 4.69) is 17.4 Å². The first-order chi connectivity index (χ1) is 5.07. The molecule has 0 heterocycles. The largest absolute Gasteiger partial charge is 0.468 e. The maximum absolute atomic E-state index is 10.7. The molecule has 0 aliphatic heterocycles. The minimum absolute atomic E-state index is 0.0629. The normalized spacial score (nSPS) is 12.3. The van der Waals surface area contributed by atoms with Crippen molar-refractivity contribution in [2.45, 2.75) is 25.0 Å². The lowest BCUT2D eigenvalue weighted by Crippen LogP contribution is -2.16. The van der Waals surface area contributed by atoms with E-state index in [-0.39, 0.29) is 11.8 Å². The third-order valence-electron chi connectivity index (χ3n) is 1.24. The third kappa shape index (κ3) is 4.84. The minimum atomic E-state index is -0.469. The third-order valence-corrected chi connectivity index (χ3v) is 1.71. The van der Waals surface area contributed by atoms with E-state index in [0.717, 1.165) is 0 Å². The first-order valence-corrected chi connectivity index (χ1v) is 3.85. The van der Waals surface area contributed by atoms with Crippen molar-refractivity contribution >= 4 is 24.4 Å². The number of ether oxygens (including phenoxy) is 1. The average molecular weight is 176 g/mol. The van der Waals surface area contributed by atoms with E-state index in [0.29, 0.717) is 12.8 Å². The lowest BCUT2D eigenvalue weighted by molar-refractivity contribution is -0.140. The number of thiol groups is 1. The monoisotopic (exact) mass is 176 g/mol. The molecule has 0 aliphatic carbocycles. The molecule has 1 atom stereocenters. The van der Waals surface area contributed by atoms with Gasteiger partial charge in [-0.15, -0.1) is 0 Å². The van der Waals surface area contributed by atoms with Gasteiger partial charge in [-0.2, -0.15) is 12.6 Å². The number of carbonyl (C=O) groups excluding carboxylic acids is 2. The molecule has 1 unspecified atom stereocenters. The lowest BCUT2D eigenvalue weighted by atomic mass is 10.2. The first-order valence-electron chi connectivity index (χ1n) is 3.33.